The fourth-order valence-electron chi connectivity index (χ4n) is 0.180. The molecule has 0 aromatic rings. The van der Waals surface area contributed by atoms with Crippen molar-refractivity contribution in [3.05, 3.63) is 0 Å². The SMILES string of the molecule is O=C1OSSSSOC1=O. The molecule has 0 N–H and O–H groups in total. The van der Waals surface area contributed by atoms with Crippen molar-refractivity contribution in [2.24, 2.45) is 0 Å². The van der Waals surface area contributed by atoms with Crippen molar-refractivity contribution in [3.8, 4) is 0 Å². The van der Waals surface area contributed by atoms with Crippen LogP contribution in [0.3, 0.4) is 0 Å². The van der Waals surface area contributed by atoms with Crippen molar-refractivity contribution in [2.45, 2.75) is 0 Å². The highest BCUT2D eigenvalue weighted by Crippen LogP contribution is 2.45. The zero-order valence-electron chi connectivity index (χ0n) is 4.27. The van der Waals surface area contributed by atoms with Crippen LogP contribution in [0.2, 0.25) is 0 Å². The normalized spacial score (nSPS) is 20.4. The summed E-state index contributed by atoms with van der Waals surface area (Å²) in [6.45, 7) is 0. The molecule has 1 fully saturated rings. The quantitative estimate of drug-likeness (QED) is 0.344. The van der Waals surface area contributed by atoms with Gasteiger partial charge in [0.25, 0.3) is 0 Å². The van der Waals surface area contributed by atoms with Crippen LogP contribution in [-0.4, -0.2) is 11.9 Å². The number of rotatable bonds is 0. The van der Waals surface area contributed by atoms with Gasteiger partial charge in [-0.3, -0.25) is 0 Å². The molecule has 8 heteroatoms. The van der Waals surface area contributed by atoms with Crippen LogP contribution in [0.4, 0.5) is 0 Å². The van der Waals surface area contributed by atoms with Crippen molar-refractivity contribution in [1.29, 1.82) is 0 Å². The molecule has 0 spiro atoms. The summed E-state index contributed by atoms with van der Waals surface area (Å²) in [6.07, 6.45) is 0. The van der Waals surface area contributed by atoms with Gasteiger partial charge >= 0.3 is 11.9 Å². The molecule has 0 atom stereocenters. The largest absolute Gasteiger partial charge is 0.431 e. The Hall–Kier alpha value is 0.340. The van der Waals surface area contributed by atoms with E-state index in [9.17, 15) is 9.59 Å². The van der Waals surface area contributed by atoms with Crippen molar-refractivity contribution >= 4 is 53.7 Å². The lowest BCUT2D eigenvalue weighted by Crippen LogP contribution is -2.14. The lowest BCUT2D eigenvalue weighted by Gasteiger charge is -2.03. The first-order valence-corrected chi connectivity index (χ1v) is 6.57. The molecule has 1 aliphatic heterocycles. The van der Waals surface area contributed by atoms with Gasteiger partial charge in [0.2, 0.25) is 0 Å². The Labute approximate surface area is 71.8 Å². The minimum Gasteiger partial charge on any atom is -0.370 e. The molecule has 0 aromatic heterocycles. The van der Waals surface area contributed by atoms with Crippen LogP contribution < -0.4 is 0 Å². The van der Waals surface area contributed by atoms with Gasteiger partial charge in [-0.2, -0.15) is 0 Å². The van der Waals surface area contributed by atoms with E-state index in [1.165, 1.54) is 19.7 Å². The summed E-state index contributed by atoms with van der Waals surface area (Å²) in [6, 6.07) is 0. The molecule has 56 valence electrons. The molecule has 4 nitrogen and oxygen atoms in total. The van der Waals surface area contributed by atoms with Crippen LogP contribution in [0, 0.1) is 0 Å². The Balaban J connectivity index is 2.43. The van der Waals surface area contributed by atoms with Gasteiger partial charge in [-0.05, 0) is 0 Å². The minimum absolute atomic E-state index is 0.849. The lowest BCUT2D eigenvalue weighted by atomic mass is 10.7. The van der Waals surface area contributed by atoms with E-state index in [1.807, 2.05) is 0 Å². The fraction of sp³-hybridized carbons (Fsp3) is 0. The number of hydrogen-bond acceptors (Lipinski definition) is 8. The first-order valence-electron chi connectivity index (χ1n) is 1.90. The van der Waals surface area contributed by atoms with Crippen molar-refractivity contribution in [1.82, 2.24) is 0 Å². The van der Waals surface area contributed by atoms with Gasteiger partial charge < -0.3 is 8.37 Å². The number of carbonyl (C=O) groups excluding carboxylic acids is 2. The Morgan fingerprint density at radius 1 is 0.900 bits per heavy atom. The zero-order chi connectivity index (χ0) is 7.40. The van der Waals surface area contributed by atoms with E-state index in [2.05, 4.69) is 8.37 Å². The second-order valence-electron chi connectivity index (χ2n) is 1.01. The van der Waals surface area contributed by atoms with E-state index < -0.39 is 11.9 Å². The maximum Gasteiger partial charge on any atom is 0.431 e. The van der Waals surface area contributed by atoms with Gasteiger partial charge in [0, 0.05) is 19.7 Å². The summed E-state index contributed by atoms with van der Waals surface area (Å²) >= 11 is 1.70. The zero-order valence-corrected chi connectivity index (χ0v) is 7.53. The Kier molecular flexibility index (Phi) is 3.60. The van der Waals surface area contributed by atoms with Crippen LogP contribution >= 0.6 is 41.8 Å². The maximum absolute atomic E-state index is 10.4. The van der Waals surface area contributed by atoms with E-state index in [0.717, 1.165) is 22.1 Å². The Bertz CT molecular complexity index is 139. The highest BCUT2D eigenvalue weighted by molar-refractivity contribution is 9.25. The average Bonchev–Trinajstić information content (AvgIpc) is 1.92. The molecule has 0 saturated carbocycles. The van der Waals surface area contributed by atoms with Crippen molar-refractivity contribution in [3.63, 3.8) is 0 Å². The summed E-state index contributed by atoms with van der Waals surface area (Å²) in [5.74, 6) is -1.93. The van der Waals surface area contributed by atoms with E-state index in [4.69, 9.17) is 0 Å². The molecule has 0 aromatic carbocycles. The van der Waals surface area contributed by atoms with Crippen LogP contribution in [0.15, 0.2) is 0 Å². The molecule has 1 saturated heterocycles. The van der Waals surface area contributed by atoms with E-state index in [0.29, 0.717) is 0 Å². The van der Waals surface area contributed by atoms with Gasteiger partial charge in [0.05, 0.1) is 0 Å². The molecule has 0 bridgehead atoms. The van der Waals surface area contributed by atoms with Gasteiger partial charge in [-0.25, -0.2) is 9.59 Å². The number of hydrogen-bond donors (Lipinski definition) is 0. The summed E-state index contributed by atoms with van der Waals surface area (Å²) in [5.41, 5.74) is 0. The third-order valence-electron chi connectivity index (χ3n) is 0.469. The van der Waals surface area contributed by atoms with Crippen molar-refractivity contribution in [2.75, 3.05) is 0 Å². The molecular formula is C2O4S4. The third kappa shape index (κ3) is 2.52. The molecule has 0 unspecified atom stereocenters. The van der Waals surface area contributed by atoms with Gasteiger partial charge in [0.1, 0.15) is 22.1 Å². The molecule has 0 radical (unpaired) electrons. The lowest BCUT2D eigenvalue weighted by molar-refractivity contribution is -0.154. The molecule has 0 amide bonds. The highest BCUT2D eigenvalue weighted by atomic mass is 33.7. The van der Waals surface area contributed by atoms with Gasteiger partial charge in [-0.1, -0.05) is 0 Å². The molecule has 1 aliphatic rings. The van der Waals surface area contributed by atoms with Gasteiger partial charge in [-0.15, -0.1) is 0 Å². The summed E-state index contributed by atoms with van der Waals surface area (Å²) in [5, 5.41) is 0. The molecule has 1 rings (SSSR count). The Morgan fingerprint density at radius 3 is 1.70 bits per heavy atom. The maximum atomic E-state index is 10.4. The third-order valence-corrected chi connectivity index (χ3v) is 4.98. The highest BCUT2D eigenvalue weighted by Gasteiger charge is 2.21. The van der Waals surface area contributed by atoms with E-state index in [-0.39, 0.29) is 0 Å². The molecule has 0 aliphatic carbocycles. The molecular weight excluding hydrogens is 216 g/mol. The first-order chi connectivity index (χ1) is 4.80. The summed E-state index contributed by atoms with van der Waals surface area (Å²) in [7, 11) is 2.42. The standard InChI is InChI=1S/C2O4S4/c3-1-2(4)6-8-10-9-7-5-1. The average molecular weight is 216 g/mol. The smallest absolute Gasteiger partial charge is 0.370 e. The fourth-order valence-corrected chi connectivity index (χ4v) is 3.35. The minimum atomic E-state index is -0.967. The van der Waals surface area contributed by atoms with E-state index in [1.54, 1.807) is 0 Å². The predicted molar refractivity (Wildman–Crippen MR) is 42.5 cm³/mol. The van der Waals surface area contributed by atoms with Crippen molar-refractivity contribution < 1.29 is 18.0 Å². The monoisotopic (exact) mass is 216 g/mol. The number of carbonyl (C=O) groups is 2. The molecule has 10 heavy (non-hydrogen) atoms. The topological polar surface area (TPSA) is 52.6 Å². The van der Waals surface area contributed by atoms with Gasteiger partial charge in [0.15, 0.2) is 0 Å². The summed E-state index contributed by atoms with van der Waals surface area (Å²) < 4.78 is 8.65. The first kappa shape index (κ1) is 8.44. The van der Waals surface area contributed by atoms with Crippen LogP contribution in [0.25, 0.3) is 0 Å². The Morgan fingerprint density at radius 2 is 1.30 bits per heavy atom. The second kappa shape index (κ2) is 4.27. The van der Waals surface area contributed by atoms with E-state index >= 15 is 0 Å². The van der Waals surface area contributed by atoms with Crippen LogP contribution in [0.1, 0.15) is 0 Å². The second-order valence-corrected chi connectivity index (χ2v) is 5.97. The van der Waals surface area contributed by atoms with Crippen LogP contribution in [0.5, 0.6) is 0 Å². The summed E-state index contributed by atoms with van der Waals surface area (Å²) in [4.78, 5) is 20.8. The molecule has 1 heterocycles. The predicted octanol–water partition coefficient (Wildman–Crippen LogP) is 1.59. The van der Waals surface area contributed by atoms with Crippen LogP contribution in [-0.2, 0) is 18.0 Å².